The molecule has 0 radical (unpaired) electrons. The van der Waals surface area contributed by atoms with E-state index in [4.69, 9.17) is 0 Å². The highest BCUT2D eigenvalue weighted by atomic mass is 14.9. The molecule has 0 aromatic heterocycles. The highest BCUT2D eigenvalue weighted by Crippen LogP contribution is 1.95. The molecule has 0 aromatic carbocycles. The van der Waals surface area contributed by atoms with Gasteiger partial charge in [0.05, 0.1) is 0 Å². The van der Waals surface area contributed by atoms with E-state index >= 15 is 0 Å². The molecule has 0 saturated carbocycles. The largest absolute Gasteiger partial charge is 0.356 e. The second-order valence-corrected chi connectivity index (χ2v) is 2.37. The highest BCUT2D eigenvalue weighted by molar-refractivity contribution is 5.26. The molecule has 13 heavy (non-hydrogen) atoms. The lowest BCUT2D eigenvalue weighted by Crippen LogP contribution is -2.06. The molecule has 0 bridgehead atoms. The maximum absolute atomic E-state index is 3.77. The first-order valence-corrected chi connectivity index (χ1v) is 3.93. The van der Waals surface area contributed by atoms with Gasteiger partial charge in [0.25, 0.3) is 0 Å². The second-order valence-electron chi connectivity index (χ2n) is 2.37. The molecule has 0 fully saturated rings. The summed E-state index contributed by atoms with van der Waals surface area (Å²) >= 11 is 0. The van der Waals surface area contributed by atoms with Crippen molar-refractivity contribution < 1.29 is 0 Å². The number of nitrogens with one attached hydrogen (secondary N) is 1. The van der Waals surface area contributed by atoms with Crippen molar-refractivity contribution in [3.8, 4) is 0 Å². The monoisotopic (exact) mass is 173 g/mol. The van der Waals surface area contributed by atoms with Gasteiger partial charge in [-0.2, -0.15) is 0 Å². The van der Waals surface area contributed by atoms with E-state index in [0.29, 0.717) is 0 Å². The van der Waals surface area contributed by atoms with E-state index in [0.717, 1.165) is 11.4 Å². The molecule has 68 valence electrons. The fraction of sp³-hybridized carbons (Fsp3) is 0. The van der Waals surface area contributed by atoms with Crippen LogP contribution in [-0.4, -0.2) is 0 Å². The lowest BCUT2D eigenvalue weighted by atomic mass is 10.3. The molecular weight excluding hydrogens is 158 g/mol. The topological polar surface area (TPSA) is 12.0 Å². The molecule has 0 amide bonds. The molecule has 0 rings (SSSR count). The SMILES string of the molecule is C=C/C=C\C(=C)NC(=C)/C=C\C=C. The number of hydrogen-bond donors (Lipinski definition) is 1. The third-order valence-corrected chi connectivity index (χ3v) is 1.19. The van der Waals surface area contributed by atoms with E-state index in [1.165, 1.54) is 0 Å². The summed E-state index contributed by atoms with van der Waals surface area (Å²) in [4.78, 5) is 0. The predicted octanol–water partition coefficient (Wildman–Crippen LogP) is 3.09. The van der Waals surface area contributed by atoms with Gasteiger partial charge >= 0.3 is 0 Å². The summed E-state index contributed by atoms with van der Waals surface area (Å²) in [6.45, 7) is 14.7. The van der Waals surface area contributed by atoms with Crippen molar-refractivity contribution >= 4 is 0 Å². The third-order valence-electron chi connectivity index (χ3n) is 1.19. The molecule has 0 aromatic rings. The Labute approximate surface area is 80.2 Å². The Balaban J connectivity index is 3.98. The zero-order valence-corrected chi connectivity index (χ0v) is 7.79. The molecule has 0 atom stereocenters. The van der Waals surface area contributed by atoms with Crippen LogP contribution in [0.1, 0.15) is 0 Å². The van der Waals surface area contributed by atoms with Crippen LogP contribution in [0.15, 0.2) is 74.2 Å². The standard InChI is InChI=1S/C12H15N/c1-5-7-9-11(3)13-12(4)10-8-6-2/h5-10,13H,1-4H2/b9-7-,10-8-. The van der Waals surface area contributed by atoms with E-state index in [2.05, 4.69) is 31.6 Å². The van der Waals surface area contributed by atoms with Gasteiger partial charge in [0, 0.05) is 11.4 Å². The highest BCUT2D eigenvalue weighted by Gasteiger charge is 1.86. The summed E-state index contributed by atoms with van der Waals surface area (Å²) in [5, 5.41) is 2.99. The van der Waals surface area contributed by atoms with E-state index in [1.807, 2.05) is 12.2 Å². The Hall–Kier alpha value is -1.76. The first kappa shape index (κ1) is 11.2. The lowest BCUT2D eigenvalue weighted by molar-refractivity contribution is 1.06. The normalized spacial score (nSPS) is 10.2. The Morgan fingerprint density at radius 3 is 1.54 bits per heavy atom. The lowest BCUT2D eigenvalue weighted by Gasteiger charge is -2.03. The Bertz CT molecular complexity index is 239. The van der Waals surface area contributed by atoms with Crippen molar-refractivity contribution in [2.45, 2.75) is 0 Å². The second kappa shape index (κ2) is 6.92. The molecule has 0 heterocycles. The van der Waals surface area contributed by atoms with E-state index in [1.54, 1.807) is 24.3 Å². The maximum atomic E-state index is 3.77. The van der Waals surface area contributed by atoms with Crippen molar-refractivity contribution in [2.75, 3.05) is 0 Å². The molecule has 0 saturated heterocycles. The molecule has 1 nitrogen and oxygen atoms in total. The summed E-state index contributed by atoms with van der Waals surface area (Å²) in [6, 6.07) is 0. The molecule has 1 N–H and O–H groups in total. The molecule has 0 unspecified atom stereocenters. The van der Waals surface area contributed by atoms with Crippen LogP contribution in [0.3, 0.4) is 0 Å². The summed E-state index contributed by atoms with van der Waals surface area (Å²) in [6.07, 6.45) is 10.6. The average Bonchev–Trinajstić information content (AvgIpc) is 2.11. The Kier molecular flexibility index (Phi) is 5.98. The minimum absolute atomic E-state index is 0.776. The summed E-state index contributed by atoms with van der Waals surface area (Å²) in [7, 11) is 0. The zero-order chi connectivity index (χ0) is 10.1. The van der Waals surface area contributed by atoms with Gasteiger partial charge in [-0.05, 0) is 12.2 Å². The van der Waals surface area contributed by atoms with Gasteiger partial charge in [-0.25, -0.2) is 0 Å². The average molecular weight is 173 g/mol. The number of hydrogen-bond acceptors (Lipinski definition) is 1. The van der Waals surface area contributed by atoms with Gasteiger partial charge in [-0.15, -0.1) is 0 Å². The third kappa shape index (κ3) is 6.63. The van der Waals surface area contributed by atoms with Crippen molar-refractivity contribution in [1.29, 1.82) is 0 Å². The van der Waals surface area contributed by atoms with Crippen LogP contribution in [0.5, 0.6) is 0 Å². The van der Waals surface area contributed by atoms with Crippen molar-refractivity contribution in [3.05, 3.63) is 74.2 Å². The van der Waals surface area contributed by atoms with Crippen molar-refractivity contribution in [2.24, 2.45) is 0 Å². The smallest absolute Gasteiger partial charge is 0.0310 e. The predicted molar refractivity (Wildman–Crippen MR) is 60.1 cm³/mol. The molecule has 0 aliphatic rings. The van der Waals surface area contributed by atoms with E-state index < -0.39 is 0 Å². The molecule has 0 spiro atoms. The van der Waals surface area contributed by atoms with Crippen LogP contribution in [0.25, 0.3) is 0 Å². The molecular formula is C12H15N. The number of allylic oxidation sites excluding steroid dienone is 6. The van der Waals surface area contributed by atoms with Gasteiger partial charge in [0.15, 0.2) is 0 Å². The molecule has 1 heteroatoms. The minimum Gasteiger partial charge on any atom is -0.356 e. The van der Waals surface area contributed by atoms with Gasteiger partial charge < -0.3 is 5.32 Å². The quantitative estimate of drug-likeness (QED) is 0.609. The van der Waals surface area contributed by atoms with Crippen molar-refractivity contribution in [3.63, 3.8) is 0 Å². The fourth-order valence-corrected chi connectivity index (χ4v) is 0.658. The first-order valence-electron chi connectivity index (χ1n) is 3.93. The first-order chi connectivity index (χ1) is 6.20. The summed E-state index contributed by atoms with van der Waals surface area (Å²) in [5.41, 5.74) is 1.55. The molecule has 0 aliphatic heterocycles. The van der Waals surface area contributed by atoms with Crippen LogP contribution in [0, 0.1) is 0 Å². The van der Waals surface area contributed by atoms with Crippen LogP contribution < -0.4 is 5.32 Å². The maximum Gasteiger partial charge on any atom is 0.0310 e. The Morgan fingerprint density at radius 1 is 0.846 bits per heavy atom. The summed E-state index contributed by atoms with van der Waals surface area (Å²) in [5.74, 6) is 0. The van der Waals surface area contributed by atoms with Crippen LogP contribution in [0.2, 0.25) is 0 Å². The zero-order valence-electron chi connectivity index (χ0n) is 7.79. The summed E-state index contributed by atoms with van der Waals surface area (Å²) < 4.78 is 0. The van der Waals surface area contributed by atoms with E-state index in [9.17, 15) is 0 Å². The van der Waals surface area contributed by atoms with Crippen LogP contribution >= 0.6 is 0 Å². The van der Waals surface area contributed by atoms with Gasteiger partial charge in [0.2, 0.25) is 0 Å². The Morgan fingerprint density at radius 2 is 1.23 bits per heavy atom. The van der Waals surface area contributed by atoms with E-state index in [-0.39, 0.29) is 0 Å². The van der Waals surface area contributed by atoms with Crippen LogP contribution in [0.4, 0.5) is 0 Å². The number of rotatable bonds is 6. The minimum atomic E-state index is 0.776. The van der Waals surface area contributed by atoms with Gasteiger partial charge in [-0.3, -0.25) is 0 Å². The fourth-order valence-electron chi connectivity index (χ4n) is 0.658. The van der Waals surface area contributed by atoms with Gasteiger partial charge in [-0.1, -0.05) is 50.6 Å². The van der Waals surface area contributed by atoms with Gasteiger partial charge in [0.1, 0.15) is 0 Å². The van der Waals surface area contributed by atoms with Crippen molar-refractivity contribution in [1.82, 2.24) is 5.32 Å². The van der Waals surface area contributed by atoms with Crippen LogP contribution in [-0.2, 0) is 0 Å². The molecule has 0 aliphatic carbocycles.